The standard InChI is InChI=1S/C7H7ClO.Mg.2H/c1-9-7-4-2-6(8)3-5-7;;;/h2-5H,1H3;;;/q;+2;2*-1. The van der Waals surface area contributed by atoms with Gasteiger partial charge in [-0.3, -0.25) is 0 Å². The fourth-order valence-corrected chi connectivity index (χ4v) is 0.697. The molecule has 0 unspecified atom stereocenters. The predicted molar refractivity (Wildman–Crippen MR) is 46.0 cm³/mol. The third-order valence-electron chi connectivity index (χ3n) is 1.05. The quantitative estimate of drug-likeness (QED) is 0.585. The molecule has 0 aliphatic heterocycles. The van der Waals surface area contributed by atoms with Crippen LogP contribution in [-0.2, 0) is 0 Å². The molecule has 52 valence electrons. The van der Waals surface area contributed by atoms with E-state index in [2.05, 4.69) is 0 Å². The Balaban J connectivity index is -0.000000270. The molecular formula is C7H9ClMgO. The fraction of sp³-hybridized carbons (Fsp3) is 0.143. The van der Waals surface area contributed by atoms with E-state index in [1.807, 2.05) is 12.1 Å². The molecule has 0 atom stereocenters. The van der Waals surface area contributed by atoms with E-state index in [1.54, 1.807) is 19.2 Å². The van der Waals surface area contributed by atoms with Gasteiger partial charge in [-0.1, -0.05) is 11.6 Å². The van der Waals surface area contributed by atoms with Crippen molar-refractivity contribution in [1.82, 2.24) is 0 Å². The number of ether oxygens (including phenoxy) is 1. The van der Waals surface area contributed by atoms with Crippen molar-refractivity contribution in [1.29, 1.82) is 0 Å². The van der Waals surface area contributed by atoms with Crippen LogP contribution >= 0.6 is 11.6 Å². The molecule has 0 saturated carbocycles. The second-order valence-corrected chi connectivity index (χ2v) is 2.09. The van der Waals surface area contributed by atoms with E-state index in [0.29, 0.717) is 0 Å². The maximum atomic E-state index is 5.61. The number of rotatable bonds is 1. The number of benzene rings is 1. The molecule has 1 rings (SSSR count). The molecule has 0 amide bonds. The molecule has 0 N–H and O–H groups in total. The van der Waals surface area contributed by atoms with Crippen molar-refractivity contribution < 1.29 is 7.59 Å². The predicted octanol–water partition coefficient (Wildman–Crippen LogP) is 2.19. The summed E-state index contributed by atoms with van der Waals surface area (Å²) in [4.78, 5) is 0. The molecule has 1 aromatic rings. The SMILES string of the molecule is COc1ccc(Cl)cc1.[H-].[H-].[Mg+2]. The topological polar surface area (TPSA) is 9.23 Å². The van der Waals surface area contributed by atoms with Crippen LogP contribution in [0.4, 0.5) is 0 Å². The van der Waals surface area contributed by atoms with Gasteiger partial charge in [-0.25, -0.2) is 0 Å². The molecule has 0 aliphatic carbocycles. The van der Waals surface area contributed by atoms with Crippen molar-refractivity contribution in [3.63, 3.8) is 0 Å². The average molecular weight is 169 g/mol. The van der Waals surface area contributed by atoms with Gasteiger partial charge in [-0.15, -0.1) is 0 Å². The molecule has 0 saturated heterocycles. The van der Waals surface area contributed by atoms with Crippen molar-refractivity contribution in [2.24, 2.45) is 0 Å². The van der Waals surface area contributed by atoms with Crippen molar-refractivity contribution >= 4 is 34.7 Å². The zero-order valence-electron chi connectivity index (χ0n) is 7.80. The Labute approximate surface area is 84.5 Å². The van der Waals surface area contributed by atoms with Crippen LogP contribution in [-0.4, -0.2) is 30.2 Å². The second-order valence-electron chi connectivity index (χ2n) is 1.66. The molecule has 0 bridgehead atoms. The smallest absolute Gasteiger partial charge is 1.00 e. The number of hydrogen-bond acceptors (Lipinski definition) is 1. The van der Waals surface area contributed by atoms with Crippen molar-refractivity contribution in [3.8, 4) is 5.75 Å². The molecule has 1 nitrogen and oxygen atoms in total. The van der Waals surface area contributed by atoms with Crippen molar-refractivity contribution in [2.45, 2.75) is 0 Å². The molecule has 0 fully saturated rings. The molecule has 10 heavy (non-hydrogen) atoms. The van der Waals surface area contributed by atoms with Crippen LogP contribution < -0.4 is 4.74 Å². The molecular weight excluding hydrogens is 160 g/mol. The van der Waals surface area contributed by atoms with E-state index in [9.17, 15) is 0 Å². The fourth-order valence-electron chi connectivity index (χ4n) is 0.571. The summed E-state index contributed by atoms with van der Waals surface area (Å²) in [5, 5.41) is 0.732. The van der Waals surface area contributed by atoms with Gasteiger partial charge in [-0.2, -0.15) is 0 Å². The summed E-state index contributed by atoms with van der Waals surface area (Å²) < 4.78 is 4.91. The maximum Gasteiger partial charge on any atom is 2.00 e. The molecule has 0 aromatic heterocycles. The van der Waals surface area contributed by atoms with Crippen LogP contribution in [0.5, 0.6) is 5.75 Å². The summed E-state index contributed by atoms with van der Waals surface area (Å²) >= 11 is 5.61. The Kier molecular flexibility index (Phi) is 4.86. The van der Waals surface area contributed by atoms with Gasteiger partial charge in [0.25, 0.3) is 0 Å². The minimum Gasteiger partial charge on any atom is -1.00 e. The van der Waals surface area contributed by atoms with E-state index in [4.69, 9.17) is 16.3 Å². The number of hydrogen-bond donors (Lipinski definition) is 0. The first-order valence-electron chi connectivity index (χ1n) is 2.62. The molecule has 0 aliphatic rings. The van der Waals surface area contributed by atoms with E-state index in [0.717, 1.165) is 10.8 Å². The van der Waals surface area contributed by atoms with Crippen LogP contribution in [0.1, 0.15) is 2.85 Å². The maximum absolute atomic E-state index is 5.61. The zero-order chi connectivity index (χ0) is 6.69. The summed E-state index contributed by atoms with van der Waals surface area (Å²) in [5.74, 6) is 0.833. The third kappa shape index (κ3) is 2.77. The van der Waals surface area contributed by atoms with Gasteiger partial charge in [0.05, 0.1) is 7.11 Å². The van der Waals surface area contributed by atoms with Crippen LogP contribution in [0.15, 0.2) is 24.3 Å². The molecule has 0 heterocycles. The van der Waals surface area contributed by atoms with E-state index in [-0.39, 0.29) is 25.9 Å². The average Bonchev–Trinajstić information content (AvgIpc) is 1.90. The van der Waals surface area contributed by atoms with Gasteiger partial charge < -0.3 is 7.59 Å². The minimum absolute atomic E-state index is 0. The van der Waals surface area contributed by atoms with Gasteiger partial charge >= 0.3 is 23.1 Å². The Bertz CT molecular complexity index is 193. The van der Waals surface area contributed by atoms with Crippen LogP contribution in [0.2, 0.25) is 5.02 Å². The normalized spacial score (nSPS) is 8.20. The number of methoxy groups -OCH3 is 1. The third-order valence-corrected chi connectivity index (χ3v) is 1.30. The van der Waals surface area contributed by atoms with E-state index >= 15 is 0 Å². The summed E-state index contributed by atoms with van der Waals surface area (Å²) in [6.45, 7) is 0. The van der Waals surface area contributed by atoms with Crippen molar-refractivity contribution in [2.75, 3.05) is 7.11 Å². The first-order chi connectivity index (χ1) is 4.33. The Hall–Kier alpha value is 0.0762. The Morgan fingerprint density at radius 2 is 1.80 bits per heavy atom. The molecule has 0 radical (unpaired) electrons. The molecule has 1 aromatic carbocycles. The van der Waals surface area contributed by atoms with Crippen LogP contribution in [0.3, 0.4) is 0 Å². The summed E-state index contributed by atoms with van der Waals surface area (Å²) in [6.07, 6.45) is 0. The van der Waals surface area contributed by atoms with Crippen LogP contribution in [0, 0.1) is 0 Å². The van der Waals surface area contributed by atoms with Gasteiger partial charge in [0.2, 0.25) is 0 Å². The van der Waals surface area contributed by atoms with E-state index in [1.165, 1.54) is 0 Å². The molecule has 0 spiro atoms. The first kappa shape index (κ1) is 10.1. The Morgan fingerprint density at radius 3 is 2.20 bits per heavy atom. The zero-order valence-corrected chi connectivity index (χ0v) is 7.97. The van der Waals surface area contributed by atoms with Gasteiger partial charge in [0.15, 0.2) is 0 Å². The summed E-state index contributed by atoms with van der Waals surface area (Å²) in [6, 6.07) is 7.23. The minimum atomic E-state index is 0. The summed E-state index contributed by atoms with van der Waals surface area (Å²) in [7, 11) is 1.63. The monoisotopic (exact) mass is 168 g/mol. The summed E-state index contributed by atoms with van der Waals surface area (Å²) in [5.41, 5.74) is 0. The number of halogens is 1. The first-order valence-corrected chi connectivity index (χ1v) is 3.00. The van der Waals surface area contributed by atoms with Gasteiger partial charge in [0.1, 0.15) is 5.75 Å². The Morgan fingerprint density at radius 1 is 1.30 bits per heavy atom. The van der Waals surface area contributed by atoms with E-state index < -0.39 is 0 Å². The molecule has 3 heteroatoms. The van der Waals surface area contributed by atoms with Crippen molar-refractivity contribution in [3.05, 3.63) is 29.3 Å². The largest absolute Gasteiger partial charge is 2.00 e. The van der Waals surface area contributed by atoms with Gasteiger partial charge in [0, 0.05) is 5.02 Å². The van der Waals surface area contributed by atoms with Crippen LogP contribution in [0.25, 0.3) is 0 Å². The second kappa shape index (κ2) is 4.83. The van der Waals surface area contributed by atoms with Gasteiger partial charge in [-0.05, 0) is 24.3 Å².